The molecule has 0 unspecified atom stereocenters. The Balaban J connectivity index is 1.66. The van der Waals surface area contributed by atoms with Gasteiger partial charge in [0.2, 0.25) is 0 Å². The molecule has 4 rings (SSSR count). The molecule has 1 aromatic heterocycles. The number of nitrogens with one attached hydrogen (secondary N) is 3. The van der Waals surface area contributed by atoms with Crippen molar-refractivity contribution in [1.29, 1.82) is 0 Å². The second-order valence-electron chi connectivity index (χ2n) is 6.84. The summed E-state index contributed by atoms with van der Waals surface area (Å²) in [7, 11) is 0. The van der Waals surface area contributed by atoms with Crippen LogP contribution >= 0.6 is 39.1 Å². The standard InChI is InChI=1S/C20H15BrCl2N4O3/c21-11-1-6-16-10(7-11)8-17(18(28)25-13-4-5-14(22)15(23)9-13)27(16)26-20(30)19(29)24-12-2-3-12/h1,4-9,12H,2-3H2,(H,24,29)(H,25,28)(H,26,30). The molecule has 1 aliphatic rings. The summed E-state index contributed by atoms with van der Waals surface area (Å²) in [5.74, 6) is -2.10. The Morgan fingerprint density at radius 3 is 2.43 bits per heavy atom. The van der Waals surface area contributed by atoms with Crippen molar-refractivity contribution < 1.29 is 14.4 Å². The number of hydrogen-bond donors (Lipinski definition) is 3. The zero-order chi connectivity index (χ0) is 21.4. The maximum Gasteiger partial charge on any atom is 0.328 e. The molecule has 0 aliphatic heterocycles. The summed E-state index contributed by atoms with van der Waals surface area (Å²) in [5.41, 5.74) is 3.65. The molecule has 7 nitrogen and oxygen atoms in total. The van der Waals surface area contributed by atoms with Gasteiger partial charge in [0, 0.05) is 21.6 Å². The number of aromatic nitrogens is 1. The fraction of sp³-hybridized carbons (Fsp3) is 0.150. The first-order chi connectivity index (χ1) is 14.3. The van der Waals surface area contributed by atoms with E-state index in [4.69, 9.17) is 23.2 Å². The lowest BCUT2D eigenvalue weighted by Crippen LogP contribution is -2.40. The molecule has 0 radical (unpaired) electrons. The highest BCUT2D eigenvalue weighted by atomic mass is 79.9. The van der Waals surface area contributed by atoms with Crippen LogP contribution in [-0.2, 0) is 9.59 Å². The summed E-state index contributed by atoms with van der Waals surface area (Å²) in [6.07, 6.45) is 1.72. The third-order valence-electron chi connectivity index (χ3n) is 4.51. The van der Waals surface area contributed by atoms with Crippen LogP contribution < -0.4 is 16.1 Å². The number of nitrogens with zero attached hydrogens (tertiary/aromatic N) is 1. The van der Waals surface area contributed by atoms with Crippen LogP contribution in [0.3, 0.4) is 0 Å². The number of amides is 3. The molecule has 0 bridgehead atoms. The molecule has 0 atom stereocenters. The molecule has 2 aromatic carbocycles. The van der Waals surface area contributed by atoms with E-state index in [0.29, 0.717) is 26.6 Å². The Morgan fingerprint density at radius 1 is 0.967 bits per heavy atom. The van der Waals surface area contributed by atoms with Gasteiger partial charge in [0.05, 0.1) is 15.6 Å². The number of carbonyl (C=O) groups is 3. The molecule has 1 fully saturated rings. The highest BCUT2D eigenvalue weighted by Crippen LogP contribution is 2.27. The maximum atomic E-state index is 13.0. The van der Waals surface area contributed by atoms with Crippen molar-refractivity contribution in [1.82, 2.24) is 9.99 Å². The third-order valence-corrected chi connectivity index (χ3v) is 5.74. The molecule has 30 heavy (non-hydrogen) atoms. The van der Waals surface area contributed by atoms with Crippen LogP contribution in [0.5, 0.6) is 0 Å². The van der Waals surface area contributed by atoms with E-state index in [2.05, 4.69) is 32.0 Å². The van der Waals surface area contributed by atoms with E-state index in [0.717, 1.165) is 17.3 Å². The second kappa shape index (κ2) is 8.29. The van der Waals surface area contributed by atoms with Gasteiger partial charge in [-0.25, -0.2) is 4.68 Å². The highest BCUT2D eigenvalue weighted by molar-refractivity contribution is 9.10. The van der Waals surface area contributed by atoms with Crippen LogP contribution in [0.15, 0.2) is 46.9 Å². The molecule has 1 aliphatic carbocycles. The van der Waals surface area contributed by atoms with Crippen molar-refractivity contribution in [2.45, 2.75) is 18.9 Å². The molecule has 3 aromatic rings. The number of halogens is 3. The van der Waals surface area contributed by atoms with Crippen LogP contribution in [-0.4, -0.2) is 28.4 Å². The number of benzene rings is 2. The summed E-state index contributed by atoms with van der Waals surface area (Å²) < 4.78 is 2.10. The molecule has 1 heterocycles. The van der Waals surface area contributed by atoms with E-state index in [1.807, 2.05) is 0 Å². The lowest BCUT2D eigenvalue weighted by atomic mass is 10.2. The third kappa shape index (κ3) is 4.45. The fourth-order valence-electron chi connectivity index (χ4n) is 2.87. The highest BCUT2D eigenvalue weighted by Gasteiger charge is 2.27. The topological polar surface area (TPSA) is 92.2 Å². The van der Waals surface area contributed by atoms with Crippen molar-refractivity contribution in [3.63, 3.8) is 0 Å². The number of hydrogen-bond acceptors (Lipinski definition) is 3. The largest absolute Gasteiger partial charge is 0.345 e. The minimum Gasteiger partial charge on any atom is -0.345 e. The van der Waals surface area contributed by atoms with Gasteiger partial charge in [0.1, 0.15) is 5.69 Å². The second-order valence-corrected chi connectivity index (χ2v) is 8.57. The first kappa shape index (κ1) is 20.7. The van der Waals surface area contributed by atoms with Gasteiger partial charge in [-0.05, 0) is 55.3 Å². The minimum atomic E-state index is -0.856. The van der Waals surface area contributed by atoms with Crippen LogP contribution in [0.2, 0.25) is 10.0 Å². The van der Waals surface area contributed by atoms with E-state index in [1.54, 1.807) is 36.4 Å². The zero-order valence-electron chi connectivity index (χ0n) is 15.3. The Bertz CT molecular complexity index is 1190. The molecule has 0 saturated heterocycles. The van der Waals surface area contributed by atoms with Gasteiger partial charge >= 0.3 is 11.8 Å². The van der Waals surface area contributed by atoms with Crippen LogP contribution in [0, 0.1) is 0 Å². The quantitative estimate of drug-likeness (QED) is 0.457. The first-order valence-electron chi connectivity index (χ1n) is 9.01. The SMILES string of the molecule is O=C(NC1CC1)C(=O)Nn1c(C(=O)Nc2ccc(Cl)c(Cl)c2)cc2cc(Br)ccc21. The Kier molecular flexibility index (Phi) is 5.73. The summed E-state index contributed by atoms with van der Waals surface area (Å²) in [5, 5.41) is 6.70. The van der Waals surface area contributed by atoms with Gasteiger partial charge in [-0.15, -0.1) is 0 Å². The van der Waals surface area contributed by atoms with E-state index >= 15 is 0 Å². The molecular weight excluding hydrogens is 495 g/mol. The number of carbonyl (C=O) groups excluding carboxylic acids is 3. The number of anilines is 1. The average molecular weight is 510 g/mol. The molecular formula is C20H15BrCl2N4O3. The van der Waals surface area contributed by atoms with Gasteiger partial charge in [-0.2, -0.15) is 0 Å². The molecule has 10 heteroatoms. The first-order valence-corrected chi connectivity index (χ1v) is 10.6. The Labute approximate surface area is 189 Å². The normalized spacial score (nSPS) is 13.2. The van der Waals surface area contributed by atoms with E-state index < -0.39 is 17.7 Å². The van der Waals surface area contributed by atoms with Gasteiger partial charge in [-0.1, -0.05) is 39.1 Å². The molecule has 3 N–H and O–H groups in total. The average Bonchev–Trinajstić information content (AvgIpc) is 3.44. The molecule has 1 saturated carbocycles. The number of fused-ring (bicyclic) bond motifs is 1. The predicted molar refractivity (Wildman–Crippen MR) is 120 cm³/mol. The minimum absolute atomic E-state index is 0.0398. The number of rotatable bonds is 4. The van der Waals surface area contributed by atoms with Crippen LogP contribution in [0.1, 0.15) is 23.3 Å². The molecule has 154 valence electrons. The van der Waals surface area contributed by atoms with Crippen molar-refractivity contribution in [3.05, 3.63) is 62.7 Å². The molecule has 3 amide bonds. The maximum absolute atomic E-state index is 13.0. The summed E-state index contributed by atoms with van der Waals surface area (Å²) in [6, 6.07) is 11.7. The summed E-state index contributed by atoms with van der Waals surface area (Å²) >= 11 is 15.3. The monoisotopic (exact) mass is 508 g/mol. The zero-order valence-corrected chi connectivity index (χ0v) is 18.4. The molecule has 0 spiro atoms. The van der Waals surface area contributed by atoms with Gasteiger partial charge in [-0.3, -0.25) is 19.8 Å². The summed E-state index contributed by atoms with van der Waals surface area (Å²) in [6.45, 7) is 0. The van der Waals surface area contributed by atoms with E-state index in [-0.39, 0.29) is 11.7 Å². The van der Waals surface area contributed by atoms with Gasteiger partial charge in [0.15, 0.2) is 0 Å². The lowest BCUT2D eigenvalue weighted by Gasteiger charge is -2.13. The summed E-state index contributed by atoms with van der Waals surface area (Å²) in [4.78, 5) is 37.4. The lowest BCUT2D eigenvalue weighted by molar-refractivity contribution is -0.136. The van der Waals surface area contributed by atoms with Gasteiger partial charge < -0.3 is 10.6 Å². The van der Waals surface area contributed by atoms with Crippen molar-refractivity contribution in [2.24, 2.45) is 0 Å². The van der Waals surface area contributed by atoms with E-state index in [9.17, 15) is 14.4 Å². The van der Waals surface area contributed by atoms with E-state index in [1.165, 1.54) is 10.7 Å². The Hall–Kier alpha value is -2.55. The smallest absolute Gasteiger partial charge is 0.328 e. The van der Waals surface area contributed by atoms with Crippen molar-refractivity contribution >= 4 is 73.4 Å². The predicted octanol–water partition coefficient (Wildman–Crippen LogP) is 4.31. The van der Waals surface area contributed by atoms with Crippen LogP contribution in [0.4, 0.5) is 5.69 Å². The fourth-order valence-corrected chi connectivity index (χ4v) is 3.55. The Morgan fingerprint density at radius 2 is 1.73 bits per heavy atom. The van der Waals surface area contributed by atoms with Gasteiger partial charge in [0.25, 0.3) is 5.91 Å². The van der Waals surface area contributed by atoms with Crippen molar-refractivity contribution in [3.8, 4) is 0 Å². The van der Waals surface area contributed by atoms with Crippen molar-refractivity contribution in [2.75, 3.05) is 10.7 Å². The van der Waals surface area contributed by atoms with Crippen LogP contribution in [0.25, 0.3) is 10.9 Å².